The number of phenols is 1. The van der Waals surface area contributed by atoms with Crippen LogP contribution in [0.5, 0.6) is 5.75 Å². The second kappa shape index (κ2) is 8.88. The van der Waals surface area contributed by atoms with Gasteiger partial charge in [-0.1, -0.05) is 60.4 Å². The van der Waals surface area contributed by atoms with Gasteiger partial charge in [0.05, 0.1) is 0 Å². The molecular formula is C30H23NO. The molecule has 1 aromatic heterocycles. The van der Waals surface area contributed by atoms with Gasteiger partial charge in [0.1, 0.15) is 5.75 Å². The third kappa shape index (κ3) is 4.43. The van der Waals surface area contributed by atoms with Gasteiger partial charge in [0.15, 0.2) is 0 Å². The first kappa shape index (κ1) is 19.7. The van der Waals surface area contributed by atoms with E-state index in [0.29, 0.717) is 18.6 Å². The minimum Gasteiger partial charge on any atom is -0.508 e. The van der Waals surface area contributed by atoms with Crippen LogP contribution in [0.4, 0.5) is 0 Å². The van der Waals surface area contributed by atoms with Crippen LogP contribution in [0.15, 0.2) is 109 Å². The largest absolute Gasteiger partial charge is 0.508 e. The summed E-state index contributed by atoms with van der Waals surface area (Å²) in [7, 11) is 0. The van der Waals surface area contributed by atoms with E-state index >= 15 is 0 Å². The minimum absolute atomic E-state index is 0.337. The summed E-state index contributed by atoms with van der Waals surface area (Å²) in [5.41, 5.74) is 5.44. The molecule has 0 aliphatic heterocycles. The molecule has 0 radical (unpaired) electrons. The Kier molecular flexibility index (Phi) is 5.47. The first-order valence-corrected chi connectivity index (χ1v) is 10.8. The van der Waals surface area contributed by atoms with Gasteiger partial charge in [0, 0.05) is 36.5 Å². The van der Waals surface area contributed by atoms with Gasteiger partial charge >= 0.3 is 0 Å². The first-order valence-electron chi connectivity index (χ1n) is 10.8. The Morgan fingerprint density at radius 2 is 1.47 bits per heavy atom. The van der Waals surface area contributed by atoms with Crippen molar-refractivity contribution >= 4 is 10.8 Å². The number of hydrogen-bond donors (Lipinski definition) is 1. The van der Waals surface area contributed by atoms with E-state index < -0.39 is 0 Å². The van der Waals surface area contributed by atoms with Gasteiger partial charge in [-0.3, -0.25) is 0 Å². The average Bonchev–Trinajstić information content (AvgIpc) is 3.36. The zero-order valence-electron chi connectivity index (χ0n) is 17.7. The standard InChI is InChI=1S/C30H23NO/c32-30-22-26-14-11-25(19-27(26)21-28(30)20-24-7-2-1-3-8-24)10-6-9-23-12-15-29(16-13-23)31-17-4-5-18-31/h1-5,7-8,11-19,21-22,32H,9,20H2. The lowest BCUT2D eigenvalue weighted by Crippen LogP contribution is -1.90. The highest BCUT2D eigenvalue weighted by atomic mass is 16.3. The van der Waals surface area contributed by atoms with Crippen molar-refractivity contribution in [3.63, 3.8) is 0 Å². The Balaban J connectivity index is 1.33. The first-order chi connectivity index (χ1) is 15.7. The normalized spacial score (nSPS) is 10.6. The van der Waals surface area contributed by atoms with Crippen molar-refractivity contribution in [2.45, 2.75) is 12.8 Å². The van der Waals surface area contributed by atoms with Gasteiger partial charge in [0.25, 0.3) is 0 Å². The smallest absolute Gasteiger partial charge is 0.119 e. The highest BCUT2D eigenvalue weighted by Gasteiger charge is 2.06. The fourth-order valence-electron chi connectivity index (χ4n) is 3.91. The molecule has 154 valence electrons. The molecule has 0 saturated heterocycles. The number of aromatic nitrogens is 1. The van der Waals surface area contributed by atoms with Crippen molar-refractivity contribution in [1.82, 2.24) is 4.57 Å². The predicted molar refractivity (Wildman–Crippen MR) is 131 cm³/mol. The van der Waals surface area contributed by atoms with E-state index in [-0.39, 0.29) is 0 Å². The third-order valence-corrected chi connectivity index (χ3v) is 5.64. The lowest BCUT2D eigenvalue weighted by molar-refractivity contribution is 0.470. The molecule has 0 bridgehead atoms. The molecule has 0 aliphatic rings. The monoisotopic (exact) mass is 413 g/mol. The molecule has 5 aromatic rings. The van der Waals surface area contributed by atoms with E-state index in [0.717, 1.165) is 27.6 Å². The van der Waals surface area contributed by atoms with E-state index in [1.165, 1.54) is 11.1 Å². The topological polar surface area (TPSA) is 25.2 Å². The molecule has 1 N–H and O–H groups in total. The molecule has 0 atom stereocenters. The highest BCUT2D eigenvalue weighted by Crippen LogP contribution is 2.27. The Morgan fingerprint density at radius 3 is 2.25 bits per heavy atom. The number of aromatic hydroxyl groups is 1. The van der Waals surface area contributed by atoms with Gasteiger partial charge < -0.3 is 9.67 Å². The number of phenolic OH excluding ortho intramolecular Hbond substituents is 1. The average molecular weight is 414 g/mol. The molecule has 0 amide bonds. The summed E-state index contributed by atoms with van der Waals surface area (Å²) in [5, 5.41) is 12.6. The van der Waals surface area contributed by atoms with E-state index in [9.17, 15) is 5.11 Å². The van der Waals surface area contributed by atoms with Crippen molar-refractivity contribution in [2.75, 3.05) is 0 Å². The fourth-order valence-corrected chi connectivity index (χ4v) is 3.91. The number of hydrogen-bond acceptors (Lipinski definition) is 1. The maximum atomic E-state index is 10.5. The highest BCUT2D eigenvalue weighted by molar-refractivity contribution is 5.86. The van der Waals surface area contributed by atoms with Crippen LogP contribution in [-0.2, 0) is 12.8 Å². The van der Waals surface area contributed by atoms with Gasteiger partial charge in [-0.15, -0.1) is 0 Å². The molecule has 2 nitrogen and oxygen atoms in total. The van der Waals surface area contributed by atoms with E-state index in [1.54, 1.807) is 0 Å². The van der Waals surface area contributed by atoms with E-state index in [4.69, 9.17) is 0 Å². The van der Waals surface area contributed by atoms with Crippen LogP contribution in [-0.4, -0.2) is 9.67 Å². The fraction of sp³-hybridized carbons (Fsp3) is 0.0667. The Bertz CT molecular complexity index is 1400. The SMILES string of the molecule is Oc1cc2ccc(C#CCc3ccc(-n4cccc4)cc3)cc2cc1Cc1ccccc1. The van der Waals surface area contributed by atoms with Crippen LogP contribution < -0.4 is 0 Å². The van der Waals surface area contributed by atoms with Gasteiger partial charge in [-0.25, -0.2) is 0 Å². The second-order valence-corrected chi connectivity index (χ2v) is 7.94. The van der Waals surface area contributed by atoms with E-state index in [2.05, 4.69) is 64.9 Å². The Morgan fingerprint density at radius 1 is 0.688 bits per heavy atom. The molecule has 1 heterocycles. The summed E-state index contributed by atoms with van der Waals surface area (Å²) >= 11 is 0. The molecule has 0 fully saturated rings. The maximum absolute atomic E-state index is 10.5. The van der Waals surface area contributed by atoms with Crippen molar-refractivity contribution in [3.05, 3.63) is 132 Å². The quantitative estimate of drug-likeness (QED) is 0.333. The summed E-state index contributed by atoms with van der Waals surface area (Å²) in [6.45, 7) is 0. The molecule has 0 aliphatic carbocycles. The Hall–Kier alpha value is -4.22. The van der Waals surface area contributed by atoms with Crippen LogP contribution in [0, 0.1) is 11.8 Å². The second-order valence-electron chi connectivity index (χ2n) is 7.94. The molecule has 2 heteroatoms. The number of rotatable bonds is 4. The van der Waals surface area contributed by atoms with Crippen LogP contribution in [0.25, 0.3) is 16.5 Å². The van der Waals surface area contributed by atoms with Crippen LogP contribution in [0.1, 0.15) is 22.3 Å². The molecule has 0 spiro atoms. The van der Waals surface area contributed by atoms with Gasteiger partial charge in [-0.2, -0.15) is 0 Å². The van der Waals surface area contributed by atoms with Crippen molar-refractivity contribution < 1.29 is 5.11 Å². The van der Waals surface area contributed by atoms with Crippen LogP contribution >= 0.6 is 0 Å². The van der Waals surface area contributed by atoms with Crippen molar-refractivity contribution in [3.8, 4) is 23.3 Å². The van der Waals surface area contributed by atoms with Crippen LogP contribution in [0.2, 0.25) is 0 Å². The molecular weight excluding hydrogens is 390 g/mol. The zero-order valence-corrected chi connectivity index (χ0v) is 17.7. The summed E-state index contributed by atoms with van der Waals surface area (Å²) in [6.07, 6.45) is 5.50. The maximum Gasteiger partial charge on any atom is 0.119 e. The zero-order chi connectivity index (χ0) is 21.8. The summed E-state index contributed by atoms with van der Waals surface area (Å²) in [6, 6.07) is 32.8. The molecule has 5 rings (SSSR count). The number of fused-ring (bicyclic) bond motifs is 1. The van der Waals surface area contributed by atoms with Gasteiger partial charge in [-0.05, 0) is 76.0 Å². The number of nitrogens with zero attached hydrogens (tertiary/aromatic N) is 1. The molecule has 0 saturated carbocycles. The van der Waals surface area contributed by atoms with E-state index in [1.807, 2.05) is 60.9 Å². The minimum atomic E-state index is 0.337. The summed E-state index contributed by atoms with van der Waals surface area (Å²) in [4.78, 5) is 0. The lowest BCUT2D eigenvalue weighted by atomic mass is 9.99. The molecule has 0 unspecified atom stereocenters. The summed E-state index contributed by atoms with van der Waals surface area (Å²) in [5.74, 6) is 6.93. The van der Waals surface area contributed by atoms with Gasteiger partial charge in [0.2, 0.25) is 0 Å². The lowest BCUT2D eigenvalue weighted by Gasteiger charge is -2.08. The van der Waals surface area contributed by atoms with Crippen molar-refractivity contribution in [1.29, 1.82) is 0 Å². The third-order valence-electron chi connectivity index (χ3n) is 5.64. The van der Waals surface area contributed by atoms with Crippen LogP contribution in [0.3, 0.4) is 0 Å². The molecule has 32 heavy (non-hydrogen) atoms. The predicted octanol–water partition coefficient (Wildman–Crippen LogP) is 6.52. The Labute approximate surface area is 188 Å². The number of benzene rings is 4. The molecule has 4 aromatic carbocycles. The van der Waals surface area contributed by atoms with Crippen molar-refractivity contribution in [2.24, 2.45) is 0 Å². The summed E-state index contributed by atoms with van der Waals surface area (Å²) < 4.78 is 2.09.